The number of aromatic hydroxyl groups is 2. The number of phenolic OH excluding ortho intramolecular Hbond substituents is 2. The molecule has 0 aliphatic carbocycles. The van der Waals surface area contributed by atoms with Crippen LogP contribution in [0.25, 0.3) is 0 Å². The number of ether oxygens (including phenoxy) is 2. The number of hydrogen-bond acceptors (Lipinski definition) is 9. The quantitative estimate of drug-likeness (QED) is 0.182. The number of carboxylic acid groups (broad SMARTS) is 1. The third kappa shape index (κ3) is 5.46. The van der Waals surface area contributed by atoms with Gasteiger partial charge in [-0.05, 0) is 49.0 Å². The monoisotopic (exact) mass is 522 g/mol. The number of carbonyl (C=O) groups excluding carboxylic acids is 1. The van der Waals surface area contributed by atoms with E-state index in [0.29, 0.717) is 40.2 Å². The van der Waals surface area contributed by atoms with E-state index in [2.05, 4.69) is 12.2 Å². The number of nitrogens with one attached hydrogen (secondary N) is 1. The van der Waals surface area contributed by atoms with Crippen LogP contribution in [0.1, 0.15) is 53.2 Å². The Bertz CT molecular complexity index is 1300. The summed E-state index contributed by atoms with van der Waals surface area (Å²) >= 11 is 3.81. The van der Waals surface area contributed by atoms with E-state index in [1.807, 2.05) is 19.1 Å². The molecule has 0 bridgehead atoms. The van der Waals surface area contributed by atoms with Gasteiger partial charge < -0.3 is 30.5 Å². The zero-order valence-electron chi connectivity index (χ0n) is 19.9. The Morgan fingerprint density at radius 2 is 1.59 bits per heavy atom. The first-order chi connectivity index (χ1) is 17.7. The summed E-state index contributed by atoms with van der Waals surface area (Å²) in [4.78, 5) is 22.6. The molecular formula is C27H26N2O7S. The van der Waals surface area contributed by atoms with Gasteiger partial charge in [-0.1, -0.05) is 38.0 Å². The minimum atomic E-state index is -1.17. The van der Waals surface area contributed by atoms with Crippen molar-refractivity contribution in [1.29, 1.82) is 5.41 Å². The number of fused-ring (bicyclic) bond motifs is 6. The van der Waals surface area contributed by atoms with Crippen molar-refractivity contribution in [3.8, 4) is 23.0 Å². The Kier molecular flexibility index (Phi) is 8.62. The number of phenols is 2. The Balaban J connectivity index is 0.000000269. The summed E-state index contributed by atoms with van der Waals surface area (Å²) in [6.07, 6.45) is 2.49. The normalized spacial score (nSPS) is 14.1. The van der Waals surface area contributed by atoms with Gasteiger partial charge in [-0.15, -0.1) is 0 Å². The van der Waals surface area contributed by atoms with Crippen LogP contribution in [-0.4, -0.2) is 38.5 Å². The average molecular weight is 523 g/mol. The van der Waals surface area contributed by atoms with Gasteiger partial charge in [-0.2, -0.15) is 0 Å². The molecule has 0 radical (unpaired) electrons. The summed E-state index contributed by atoms with van der Waals surface area (Å²) in [5.74, 6) is -0.491. The molecule has 1 atom stereocenters. The van der Waals surface area contributed by atoms with E-state index in [-0.39, 0.29) is 11.5 Å². The van der Waals surface area contributed by atoms with Crippen LogP contribution in [0.5, 0.6) is 23.0 Å². The summed E-state index contributed by atoms with van der Waals surface area (Å²) in [6.45, 7) is 2.01. The number of thiocarbonyl (C=S) groups is 1. The third-order valence-electron chi connectivity index (χ3n) is 5.87. The third-order valence-corrected chi connectivity index (χ3v) is 5.87. The maximum Gasteiger partial charge on any atom is 0.340 e. The second kappa shape index (κ2) is 11.7. The van der Waals surface area contributed by atoms with E-state index < -0.39 is 23.6 Å². The summed E-state index contributed by atoms with van der Waals surface area (Å²) in [7, 11) is 0. The van der Waals surface area contributed by atoms with Crippen LogP contribution in [0, 0.1) is 5.41 Å². The van der Waals surface area contributed by atoms with Crippen LogP contribution < -0.4 is 10.5 Å². The highest BCUT2D eigenvalue weighted by atomic mass is 32.1. The predicted molar refractivity (Wildman–Crippen MR) is 138 cm³/mol. The fourth-order valence-electron chi connectivity index (χ4n) is 4.20. The molecule has 2 aliphatic heterocycles. The summed E-state index contributed by atoms with van der Waals surface area (Å²) in [5.41, 5.74) is 6.49. The SMILES string of the molecule is CCCCC(N)C(=O)O.N=C=S.O=C1OC2(c3ccc(O)cc3Oc3cc(O)ccc32)c2ccccc21. The molecule has 0 aromatic heterocycles. The number of rotatable bonds is 4. The van der Waals surface area contributed by atoms with Crippen LogP contribution in [-0.2, 0) is 15.1 Å². The predicted octanol–water partition coefficient (Wildman–Crippen LogP) is 4.92. The highest BCUT2D eigenvalue weighted by Crippen LogP contribution is 2.56. The maximum atomic E-state index is 12.5. The van der Waals surface area contributed by atoms with Gasteiger partial charge in [0.05, 0.1) is 10.7 Å². The van der Waals surface area contributed by atoms with Gasteiger partial charge in [0.15, 0.2) is 5.60 Å². The van der Waals surface area contributed by atoms with Crippen molar-refractivity contribution in [2.45, 2.75) is 37.8 Å². The van der Waals surface area contributed by atoms with Crippen molar-refractivity contribution in [3.63, 3.8) is 0 Å². The molecule has 1 spiro atoms. The molecule has 2 aliphatic rings. The molecule has 0 fully saturated rings. The molecule has 6 N–H and O–H groups in total. The van der Waals surface area contributed by atoms with Gasteiger partial charge in [0.25, 0.3) is 0 Å². The smallest absolute Gasteiger partial charge is 0.340 e. The molecule has 192 valence electrons. The fraction of sp³-hybridized carbons (Fsp3) is 0.222. The summed E-state index contributed by atoms with van der Waals surface area (Å²) < 4.78 is 11.8. The number of aliphatic carboxylic acids is 1. The topological polar surface area (TPSA) is 163 Å². The zero-order chi connectivity index (χ0) is 27.2. The minimum absolute atomic E-state index is 0.0371. The molecule has 9 nitrogen and oxygen atoms in total. The van der Waals surface area contributed by atoms with Gasteiger partial charge in [0.2, 0.25) is 0 Å². The highest BCUT2D eigenvalue weighted by molar-refractivity contribution is 7.78. The van der Waals surface area contributed by atoms with Crippen molar-refractivity contribution < 1.29 is 34.4 Å². The van der Waals surface area contributed by atoms with E-state index >= 15 is 0 Å². The van der Waals surface area contributed by atoms with Crippen LogP contribution in [0.4, 0.5) is 0 Å². The van der Waals surface area contributed by atoms with Crippen LogP contribution in [0.3, 0.4) is 0 Å². The Morgan fingerprint density at radius 3 is 2.11 bits per heavy atom. The van der Waals surface area contributed by atoms with Gasteiger partial charge >= 0.3 is 11.9 Å². The zero-order valence-corrected chi connectivity index (χ0v) is 20.7. The second-order valence-electron chi connectivity index (χ2n) is 8.27. The van der Waals surface area contributed by atoms with Crippen molar-refractivity contribution in [2.75, 3.05) is 0 Å². The molecule has 3 aromatic rings. The van der Waals surface area contributed by atoms with Crippen molar-refractivity contribution >= 4 is 29.3 Å². The lowest BCUT2D eigenvalue weighted by atomic mass is 9.77. The first-order valence-corrected chi connectivity index (χ1v) is 11.8. The molecule has 37 heavy (non-hydrogen) atoms. The largest absolute Gasteiger partial charge is 0.508 e. The van der Waals surface area contributed by atoms with Crippen molar-refractivity contribution in [2.24, 2.45) is 5.73 Å². The highest BCUT2D eigenvalue weighted by Gasteiger charge is 2.53. The molecular weight excluding hydrogens is 496 g/mol. The molecule has 5 rings (SSSR count). The number of carboxylic acids is 1. The molecule has 0 amide bonds. The van der Waals surface area contributed by atoms with E-state index in [1.54, 1.807) is 29.4 Å². The first-order valence-electron chi connectivity index (χ1n) is 11.4. The summed E-state index contributed by atoms with van der Waals surface area (Å²) in [6, 6.07) is 15.9. The number of unbranched alkanes of at least 4 members (excludes halogenated alkanes) is 1. The van der Waals surface area contributed by atoms with Crippen molar-refractivity contribution in [3.05, 3.63) is 82.9 Å². The number of esters is 1. The maximum absolute atomic E-state index is 12.5. The second-order valence-corrected chi connectivity index (χ2v) is 8.47. The molecule has 2 heterocycles. The Labute approximate surface area is 218 Å². The molecule has 10 heteroatoms. The number of nitrogens with two attached hydrogens (primary N) is 1. The number of hydrogen-bond donors (Lipinski definition) is 5. The van der Waals surface area contributed by atoms with Crippen LogP contribution >= 0.6 is 12.2 Å². The molecule has 0 saturated carbocycles. The number of benzene rings is 3. The number of isothiocyanates is 1. The van der Waals surface area contributed by atoms with E-state index in [9.17, 15) is 19.8 Å². The lowest BCUT2D eigenvalue weighted by molar-refractivity contribution is -0.138. The fourth-order valence-corrected chi connectivity index (χ4v) is 4.20. The van der Waals surface area contributed by atoms with Gasteiger partial charge in [0.1, 0.15) is 29.0 Å². The molecule has 1 unspecified atom stereocenters. The van der Waals surface area contributed by atoms with Gasteiger partial charge in [-0.25, -0.2) is 10.2 Å². The lowest BCUT2D eigenvalue weighted by Crippen LogP contribution is -2.32. The first kappa shape index (κ1) is 27.3. The minimum Gasteiger partial charge on any atom is -0.508 e. The standard InChI is InChI=1S/C20H12O5.C6H13NO2.CHNS/c21-11-5-7-15-17(9-11)24-18-10-12(22)6-8-16(18)20(15)14-4-2-1-3-13(14)19(23)25-20;1-2-3-4-5(7)6(8)9;2-1-3/h1-10,21-22H;5H,2-4,7H2,1H3,(H,8,9);2H. The van der Waals surface area contributed by atoms with Gasteiger partial charge in [-0.3, -0.25) is 4.79 Å². The molecule has 3 aromatic carbocycles. The Morgan fingerprint density at radius 1 is 1.05 bits per heavy atom. The molecule has 0 saturated heterocycles. The van der Waals surface area contributed by atoms with Gasteiger partial charge in [0, 0.05) is 28.8 Å². The van der Waals surface area contributed by atoms with E-state index in [1.165, 1.54) is 24.3 Å². The average Bonchev–Trinajstić information content (AvgIpc) is 3.16. The van der Waals surface area contributed by atoms with Crippen molar-refractivity contribution in [1.82, 2.24) is 0 Å². The van der Waals surface area contributed by atoms with E-state index in [4.69, 9.17) is 25.7 Å². The summed E-state index contributed by atoms with van der Waals surface area (Å²) in [5, 5.41) is 35.3. The lowest BCUT2D eigenvalue weighted by Gasteiger charge is -2.36. The number of carbonyl (C=O) groups is 2. The Hall–Kier alpha value is -4.24. The van der Waals surface area contributed by atoms with E-state index in [0.717, 1.165) is 12.8 Å². The van der Waals surface area contributed by atoms with Crippen LogP contribution in [0.15, 0.2) is 60.7 Å². The van der Waals surface area contributed by atoms with Crippen LogP contribution in [0.2, 0.25) is 0 Å².